The molecule has 0 aliphatic rings. The van der Waals surface area contributed by atoms with Crippen LogP contribution in [0.2, 0.25) is 0 Å². The van der Waals surface area contributed by atoms with Crippen LogP contribution in [0.15, 0.2) is 62.6 Å². The topological polar surface area (TPSA) is 102 Å². The van der Waals surface area contributed by atoms with Crippen molar-refractivity contribution in [2.24, 2.45) is 0 Å². The van der Waals surface area contributed by atoms with Crippen LogP contribution < -0.4 is 11.1 Å². The van der Waals surface area contributed by atoms with Gasteiger partial charge < -0.3 is 9.73 Å². The molecule has 1 amide bonds. The number of oxazole rings is 1. The first kappa shape index (κ1) is 18.9. The van der Waals surface area contributed by atoms with Gasteiger partial charge in [-0.1, -0.05) is 18.2 Å². The van der Waals surface area contributed by atoms with Gasteiger partial charge in [0.2, 0.25) is 15.9 Å². The van der Waals surface area contributed by atoms with Gasteiger partial charge in [-0.15, -0.1) is 0 Å². The summed E-state index contributed by atoms with van der Waals surface area (Å²) in [7, 11) is -0.713. The van der Waals surface area contributed by atoms with Gasteiger partial charge in [0.25, 0.3) is 0 Å². The largest absolute Gasteiger partial charge is 0.419 e. The number of nitrogens with one attached hydrogen (secondary N) is 1. The maximum Gasteiger partial charge on any atom is 0.419 e. The molecule has 142 valence electrons. The lowest BCUT2D eigenvalue weighted by Crippen LogP contribution is -2.22. The third kappa shape index (κ3) is 3.93. The second-order valence-corrected chi connectivity index (χ2v) is 8.25. The number of sulfonamides is 1. The number of amides is 1. The molecule has 9 heteroatoms. The van der Waals surface area contributed by atoms with E-state index < -0.39 is 15.8 Å². The molecule has 8 nitrogen and oxygen atoms in total. The zero-order valence-corrected chi connectivity index (χ0v) is 15.7. The first-order chi connectivity index (χ1) is 12.8. The molecule has 1 N–H and O–H groups in total. The van der Waals surface area contributed by atoms with Crippen LogP contribution in [0.4, 0.5) is 5.69 Å². The van der Waals surface area contributed by atoms with Crippen molar-refractivity contribution in [3.05, 3.63) is 59.1 Å². The number of anilines is 1. The summed E-state index contributed by atoms with van der Waals surface area (Å²) in [5.74, 6) is -0.866. The van der Waals surface area contributed by atoms with E-state index in [1.54, 1.807) is 36.4 Å². The van der Waals surface area contributed by atoms with Crippen molar-refractivity contribution in [3.63, 3.8) is 0 Å². The SMILES string of the molecule is CN(C)S(=O)(=O)c1cccc(NC(=O)CCn2c(=O)oc3ccccc32)c1. The Kier molecular flexibility index (Phi) is 5.15. The molecule has 0 spiro atoms. The summed E-state index contributed by atoms with van der Waals surface area (Å²) in [6, 6.07) is 13.0. The molecule has 2 aromatic carbocycles. The lowest BCUT2D eigenvalue weighted by atomic mass is 10.3. The summed E-state index contributed by atoms with van der Waals surface area (Å²) >= 11 is 0. The van der Waals surface area contributed by atoms with E-state index in [1.165, 1.54) is 30.8 Å². The van der Waals surface area contributed by atoms with E-state index in [0.29, 0.717) is 16.8 Å². The van der Waals surface area contributed by atoms with Crippen molar-refractivity contribution in [1.82, 2.24) is 8.87 Å². The Morgan fingerprint density at radius 3 is 2.63 bits per heavy atom. The first-order valence-corrected chi connectivity index (χ1v) is 9.64. The van der Waals surface area contributed by atoms with Gasteiger partial charge in [-0.25, -0.2) is 17.5 Å². The minimum absolute atomic E-state index is 0.0358. The molecule has 0 atom stereocenters. The second kappa shape index (κ2) is 7.37. The number of aryl methyl sites for hydroxylation is 1. The molecule has 0 aliphatic carbocycles. The number of carbonyl (C=O) groups is 1. The highest BCUT2D eigenvalue weighted by atomic mass is 32.2. The van der Waals surface area contributed by atoms with Crippen LogP contribution in [-0.4, -0.2) is 37.3 Å². The molecule has 1 aromatic heterocycles. The Bertz CT molecular complexity index is 1150. The third-order valence-corrected chi connectivity index (χ3v) is 5.84. The monoisotopic (exact) mass is 389 g/mol. The minimum atomic E-state index is -3.59. The van der Waals surface area contributed by atoms with E-state index in [-0.39, 0.29) is 23.8 Å². The number of rotatable bonds is 6. The lowest BCUT2D eigenvalue weighted by molar-refractivity contribution is -0.116. The van der Waals surface area contributed by atoms with Crippen LogP contribution in [0.3, 0.4) is 0 Å². The van der Waals surface area contributed by atoms with Crippen LogP contribution in [0, 0.1) is 0 Å². The Labute approximate surface area is 156 Å². The van der Waals surface area contributed by atoms with Gasteiger partial charge >= 0.3 is 5.76 Å². The maximum atomic E-state index is 12.2. The van der Waals surface area contributed by atoms with Crippen LogP contribution in [0.1, 0.15) is 6.42 Å². The average molecular weight is 389 g/mol. The second-order valence-electron chi connectivity index (χ2n) is 6.10. The van der Waals surface area contributed by atoms with Gasteiger partial charge in [0, 0.05) is 32.7 Å². The summed E-state index contributed by atoms with van der Waals surface area (Å²) in [4.78, 5) is 24.2. The molecule has 0 radical (unpaired) electrons. The van der Waals surface area contributed by atoms with Gasteiger partial charge in [-0.05, 0) is 30.3 Å². The number of nitrogens with zero attached hydrogens (tertiary/aromatic N) is 2. The molecule has 0 unspecified atom stereocenters. The standard InChI is InChI=1S/C18H19N3O5S/c1-20(2)27(24,25)14-7-5-6-13(12-14)19-17(22)10-11-21-15-8-3-4-9-16(15)26-18(21)23/h3-9,12H,10-11H2,1-2H3,(H,19,22). The summed E-state index contributed by atoms with van der Waals surface area (Å²) in [6.07, 6.45) is 0.0358. The quantitative estimate of drug-likeness (QED) is 0.693. The molecule has 0 saturated heterocycles. The van der Waals surface area contributed by atoms with E-state index >= 15 is 0 Å². The molecular weight excluding hydrogens is 370 g/mol. The van der Waals surface area contributed by atoms with E-state index in [9.17, 15) is 18.0 Å². The molecule has 0 bridgehead atoms. The summed E-state index contributed by atoms with van der Waals surface area (Å²) < 4.78 is 32.0. The fourth-order valence-electron chi connectivity index (χ4n) is 2.61. The number of benzene rings is 2. The lowest BCUT2D eigenvalue weighted by Gasteiger charge is -2.12. The van der Waals surface area contributed by atoms with Crippen LogP contribution in [0.25, 0.3) is 11.1 Å². The number of para-hydroxylation sites is 2. The van der Waals surface area contributed by atoms with Crippen LogP contribution in [0.5, 0.6) is 0 Å². The molecule has 0 saturated carbocycles. The molecule has 0 fully saturated rings. The molecule has 1 heterocycles. The highest BCUT2D eigenvalue weighted by Crippen LogP contribution is 2.18. The average Bonchev–Trinajstić information content (AvgIpc) is 2.95. The number of carbonyl (C=O) groups excluding carboxylic acids is 1. The summed E-state index contributed by atoms with van der Waals surface area (Å²) in [6.45, 7) is 0.150. The van der Waals surface area contributed by atoms with Crippen molar-refractivity contribution in [2.45, 2.75) is 17.9 Å². The Balaban J connectivity index is 1.71. The summed E-state index contributed by atoms with van der Waals surface area (Å²) in [5.41, 5.74) is 1.45. The number of hydrogen-bond donors (Lipinski definition) is 1. The van der Waals surface area contributed by atoms with Crippen molar-refractivity contribution >= 4 is 32.7 Å². The zero-order chi connectivity index (χ0) is 19.6. The molecule has 3 aromatic rings. The fourth-order valence-corrected chi connectivity index (χ4v) is 3.56. The van der Waals surface area contributed by atoms with Crippen molar-refractivity contribution in [1.29, 1.82) is 0 Å². The number of hydrogen-bond acceptors (Lipinski definition) is 5. The molecule has 0 aliphatic heterocycles. The van der Waals surface area contributed by atoms with Gasteiger partial charge in [0.15, 0.2) is 5.58 Å². The summed E-state index contributed by atoms with van der Waals surface area (Å²) in [5, 5.41) is 2.66. The van der Waals surface area contributed by atoms with E-state index in [0.717, 1.165) is 4.31 Å². The highest BCUT2D eigenvalue weighted by Gasteiger charge is 2.17. The number of fused-ring (bicyclic) bond motifs is 1. The van der Waals surface area contributed by atoms with Crippen LogP contribution >= 0.6 is 0 Å². The number of aromatic nitrogens is 1. The molecule has 27 heavy (non-hydrogen) atoms. The van der Waals surface area contributed by atoms with Gasteiger partial charge in [0.1, 0.15) is 0 Å². The van der Waals surface area contributed by atoms with Crippen LogP contribution in [-0.2, 0) is 21.4 Å². The Morgan fingerprint density at radius 1 is 1.15 bits per heavy atom. The van der Waals surface area contributed by atoms with Gasteiger partial charge in [0.05, 0.1) is 10.4 Å². The van der Waals surface area contributed by atoms with Gasteiger partial charge in [-0.2, -0.15) is 0 Å². The van der Waals surface area contributed by atoms with Crippen molar-refractivity contribution in [2.75, 3.05) is 19.4 Å². The van der Waals surface area contributed by atoms with E-state index in [2.05, 4.69) is 5.32 Å². The highest BCUT2D eigenvalue weighted by molar-refractivity contribution is 7.89. The Morgan fingerprint density at radius 2 is 1.89 bits per heavy atom. The predicted molar refractivity (Wildman–Crippen MR) is 101 cm³/mol. The van der Waals surface area contributed by atoms with Crippen molar-refractivity contribution in [3.8, 4) is 0 Å². The van der Waals surface area contributed by atoms with Gasteiger partial charge in [-0.3, -0.25) is 9.36 Å². The predicted octanol–water partition coefficient (Wildman–Crippen LogP) is 1.87. The smallest absolute Gasteiger partial charge is 0.408 e. The normalized spacial score (nSPS) is 11.8. The Hall–Kier alpha value is -2.91. The first-order valence-electron chi connectivity index (χ1n) is 8.20. The maximum absolute atomic E-state index is 12.2. The third-order valence-electron chi connectivity index (χ3n) is 4.03. The molecular formula is C18H19N3O5S. The minimum Gasteiger partial charge on any atom is -0.408 e. The van der Waals surface area contributed by atoms with Crippen molar-refractivity contribution < 1.29 is 17.6 Å². The van der Waals surface area contributed by atoms with E-state index in [4.69, 9.17) is 4.42 Å². The van der Waals surface area contributed by atoms with E-state index in [1.807, 2.05) is 0 Å². The fraction of sp³-hybridized carbons (Fsp3) is 0.222. The zero-order valence-electron chi connectivity index (χ0n) is 14.9. The molecule has 3 rings (SSSR count).